The van der Waals surface area contributed by atoms with Crippen LogP contribution in [0.2, 0.25) is 0 Å². The lowest BCUT2D eigenvalue weighted by Gasteiger charge is -2.37. The molecule has 1 atom stereocenters. The lowest BCUT2D eigenvalue weighted by Crippen LogP contribution is -2.47. The van der Waals surface area contributed by atoms with E-state index in [-0.39, 0.29) is 29.7 Å². The molecule has 1 fully saturated rings. The van der Waals surface area contributed by atoms with Crippen molar-refractivity contribution in [1.82, 2.24) is 15.2 Å². The van der Waals surface area contributed by atoms with Crippen LogP contribution in [0, 0.1) is 5.92 Å². The van der Waals surface area contributed by atoms with E-state index in [1.165, 1.54) is 0 Å². The summed E-state index contributed by atoms with van der Waals surface area (Å²) in [6, 6.07) is 17.8. The minimum Gasteiger partial charge on any atom is -0.360 e. The van der Waals surface area contributed by atoms with Crippen LogP contribution in [0.15, 0.2) is 60.8 Å². The van der Waals surface area contributed by atoms with Crippen molar-refractivity contribution < 1.29 is 9.59 Å². The molecule has 1 aliphatic heterocycles. The molecular weight excluding hydrogens is 374 g/mol. The molecule has 2 N–H and O–H groups in total. The molecule has 1 aromatic heterocycles. The summed E-state index contributed by atoms with van der Waals surface area (Å²) in [7, 11) is 0. The minimum absolute atomic E-state index is 0.0106. The first kappa shape index (κ1) is 20.4. The lowest BCUT2D eigenvalue weighted by atomic mass is 9.93. The summed E-state index contributed by atoms with van der Waals surface area (Å²) in [5.41, 5.74) is 2.72. The molecule has 0 radical (unpaired) electrons. The Balaban J connectivity index is 1.58. The van der Waals surface area contributed by atoms with Crippen LogP contribution in [0.4, 0.5) is 0 Å². The van der Waals surface area contributed by atoms with E-state index in [1.54, 1.807) is 0 Å². The second-order valence-corrected chi connectivity index (χ2v) is 8.40. The maximum atomic E-state index is 13.7. The van der Waals surface area contributed by atoms with E-state index in [4.69, 9.17) is 0 Å². The Labute approximate surface area is 177 Å². The number of rotatable bonds is 6. The molecule has 4 rings (SSSR count). The molecule has 2 aromatic carbocycles. The van der Waals surface area contributed by atoms with Gasteiger partial charge in [0.2, 0.25) is 5.91 Å². The number of hydrogen-bond donors (Lipinski definition) is 2. The van der Waals surface area contributed by atoms with Gasteiger partial charge < -0.3 is 10.3 Å². The summed E-state index contributed by atoms with van der Waals surface area (Å²) in [4.78, 5) is 31.3. The summed E-state index contributed by atoms with van der Waals surface area (Å²) >= 11 is 0. The number of aromatic nitrogens is 1. The van der Waals surface area contributed by atoms with Crippen LogP contribution < -0.4 is 5.32 Å². The third-order valence-corrected chi connectivity index (χ3v) is 5.98. The van der Waals surface area contributed by atoms with Crippen LogP contribution in [0.5, 0.6) is 0 Å². The fourth-order valence-corrected chi connectivity index (χ4v) is 4.26. The van der Waals surface area contributed by atoms with E-state index in [0.717, 1.165) is 48.0 Å². The number of nitrogens with zero attached hydrogens (tertiary/aromatic N) is 1. The van der Waals surface area contributed by atoms with Crippen molar-refractivity contribution in [2.75, 3.05) is 13.1 Å². The Hall–Kier alpha value is -2.92. The fourth-order valence-electron chi connectivity index (χ4n) is 4.26. The largest absolute Gasteiger partial charge is 0.360 e. The Morgan fingerprint density at radius 2 is 1.67 bits per heavy atom. The summed E-state index contributed by atoms with van der Waals surface area (Å²) in [6.45, 7) is 5.37. The second kappa shape index (κ2) is 8.84. The highest BCUT2D eigenvalue weighted by Gasteiger charge is 2.33. The lowest BCUT2D eigenvalue weighted by molar-refractivity contribution is -0.125. The van der Waals surface area contributed by atoms with Gasteiger partial charge in [0.1, 0.15) is 0 Å². The van der Waals surface area contributed by atoms with Crippen molar-refractivity contribution in [3.63, 3.8) is 0 Å². The van der Waals surface area contributed by atoms with E-state index < -0.39 is 0 Å². The van der Waals surface area contributed by atoms with Crippen molar-refractivity contribution >= 4 is 22.6 Å². The molecule has 0 saturated carbocycles. The van der Waals surface area contributed by atoms with E-state index >= 15 is 0 Å². The standard InChI is InChI=1S/C25H29N3O2/c1-17(2)25(30)27-19-12-14-28(15-13-19)23(18-8-4-3-5-9-18)24(29)21-16-26-22-11-7-6-10-20(21)22/h3-11,16-17,19,23,26H,12-15H2,1-2H3,(H,27,30). The molecule has 2 heterocycles. The molecule has 3 aromatic rings. The summed E-state index contributed by atoms with van der Waals surface area (Å²) in [5.74, 6) is 0.204. The third-order valence-electron chi connectivity index (χ3n) is 5.98. The van der Waals surface area contributed by atoms with Gasteiger partial charge in [0.05, 0.1) is 6.04 Å². The first-order valence-electron chi connectivity index (χ1n) is 10.7. The molecule has 5 nitrogen and oxygen atoms in total. The van der Waals surface area contributed by atoms with Crippen molar-refractivity contribution in [2.45, 2.75) is 38.8 Å². The number of likely N-dealkylation sites (tertiary alicyclic amines) is 1. The fraction of sp³-hybridized carbons (Fsp3) is 0.360. The molecule has 1 unspecified atom stereocenters. The van der Waals surface area contributed by atoms with Crippen LogP contribution in [-0.2, 0) is 4.79 Å². The smallest absolute Gasteiger partial charge is 0.222 e. The topological polar surface area (TPSA) is 65.2 Å². The number of hydrogen-bond acceptors (Lipinski definition) is 3. The SMILES string of the molecule is CC(C)C(=O)NC1CCN(C(C(=O)c2c[nH]c3ccccc23)c2ccccc2)CC1. The summed E-state index contributed by atoms with van der Waals surface area (Å²) < 4.78 is 0. The molecular formula is C25H29N3O2. The average Bonchev–Trinajstić information content (AvgIpc) is 3.20. The van der Waals surface area contributed by atoms with Crippen LogP contribution in [-0.4, -0.2) is 40.7 Å². The number of carbonyl (C=O) groups is 2. The van der Waals surface area contributed by atoms with Crippen LogP contribution >= 0.6 is 0 Å². The quantitative estimate of drug-likeness (QED) is 0.602. The van der Waals surface area contributed by atoms with Gasteiger partial charge in [-0.15, -0.1) is 0 Å². The molecule has 1 amide bonds. The highest BCUT2D eigenvalue weighted by Crippen LogP contribution is 2.31. The van der Waals surface area contributed by atoms with Gasteiger partial charge in [0.25, 0.3) is 0 Å². The zero-order valence-corrected chi connectivity index (χ0v) is 17.6. The van der Waals surface area contributed by atoms with E-state index in [0.29, 0.717) is 0 Å². The normalized spacial score (nSPS) is 16.6. The molecule has 5 heteroatoms. The molecule has 1 saturated heterocycles. The van der Waals surface area contributed by atoms with Crippen molar-refractivity contribution in [2.24, 2.45) is 5.92 Å². The van der Waals surface area contributed by atoms with Gasteiger partial charge in [0, 0.05) is 47.7 Å². The first-order chi connectivity index (χ1) is 14.5. The molecule has 0 spiro atoms. The number of benzene rings is 2. The van der Waals surface area contributed by atoms with E-state index in [1.807, 2.05) is 74.6 Å². The average molecular weight is 404 g/mol. The Bertz CT molecular complexity index is 1020. The van der Waals surface area contributed by atoms with Crippen molar-refractivity contribution in [3.05, 3.63) is 71.9 Å². The van der Waals surface area contributed by atoms with Gasteiger partial charge in [-0.3, -0.25) is 14.5 Å². The number of amides is 1. The maximum absolute atomic E-state index is 13.7. The molecule has 1 aliphatic rings. The zero-order chi connectivity index (χ0) is 21.1. The summed E-state index contributed by atoms with van der Waals surface area (Å²) in [5, 5.41) is 4.10. The van der Waals surface area contributed by atoms with Gasteiger partial charge in [0.15, 0.2) is 5.78 Å². The van der Waals surface area contributed by atoms with Crippen LogP contribution in [0.25, 0.3) is 10.9 Å². The van der Waals surface area contributed by atoms with Crippen LogP contribution in [0.3, 0.4) is 0 Å². The number of nitrogens with one attached hydrogen (secondary N) is 2. The Morgan fingerprint density at radius 3 is 2.37 bits per heavy atom. The molecule has 0 bridgehead atoms. The third kappa shape index (κ3) is 4.17. The number of carbonyl (C=O) groups excluding carboxylic acids is 2. The zero-order valence-electron chi connectivity index (χ0n) is 17.6. The number of Topliss-reactive ketones (excluding diaryl/α,β-unsaturated/α-hetero) is 1. The van der Waals surface area contributed by atoms with Gasteiger partial charge in [-0.2, -0.15) is 0 Å². The predicted octanol–water partition coefficient (Wildman–Crippen LogP) is 4.33. The van der Waals surface area contributed by atoms with Gasteiger partial charge in [-0.05, 0) is 24.5 Å². The highest BCUT2D eigenvalue weighted by molar-refractivity contribution is 6.10. The van der Waals surface area contributed by atoms with Crippen molar-refractivity contribution in [1.29, 1.82) is 0 Å². The van der Waals surface area contributed by atoms with Gasteiger partial charge in [-0.25, -0.2) is 0 Å². The Kier molecular flexibility index (Phi) is 6.00. The Morgan fingerprint density at radius 1 is 1.00 bits per heavy atom. The second-order valence-electron chi connectivity index (χ2n) is 8.40. The highest BCUT2D eigenvalue weighted by atomic mass is 16.2. The van der Waals surface area contributed by atoms with E-state index in [9.17, 15) is 9.59 Å². The number of para-hydroxylation sites is 1. The first-order valence-corrected chi connectivity index (χ1v) is 10.7. The number of piperidine rings is 1. The van der Waals surface area contributed by atoms with Crippen molar-refractivity contribution in [3.8, 4) is 0 Å². The van der Waals surface area contributed by atoms with Gasteiger partial charge in [-0.1, -0.05) is 62.4 Å². The maximum Gasteiger partial charge on any atom is 0.222 e. The monoisotopic (exact) mass is 403 g/mol. The molecule has 30 heavy (non-hydrogen) atoms. The van der Waals surface area contributed by atoms with Crippen LogP contribution in [0.1, 0.15) is 48.7 Å². The molecule has 0 aliphatic carbocycles. The summed E-state index contributed by atoms with van der Waals surface area (Å²) in [6.07, 6.45) is 3.53. The predicted molar refractivity (Wildman–Crippen MR) is 119 cm³/mol. The number of aromatic amines is 1. The molecule has 156 valence electrons. The minimum atomic E-state index is -0.327. The van der Waals surface area contributed by atoms with E-state index in [2.05, 4.69) is 15.2 Å². The number of H-pyrrole nitrogens is 1. The number of fused-ring (bicyclic) bond motifs is 1. The van der Waals surface area contributed by atoms with Gasteiger partial charge >= 0.3 is 0 Å². The number of ketones is 1.